The highest BCUT2D eigenvalue weighted by atomic mass is 19.2. The van der Waals surface area contributed by atoms with Crippen LogP contribution in [0, 0.1) is 29.3 Å². The van der Waals surface area contributed by atoms with Crippen LogP contribution >= 0.6 is 0 Å². The van der Waals surface area contributed by atoms with Gasteiger partial charge in [-0.1, -0.05) is 0 Å². The van der Waals surface area contributed by atoms with E-state index in [2.05, 4.69) is 0 Å². The van der Waals surface area contributed by atoms with E-state index in [0.717, 1.165) is 0 Å². The summed E-state index contributed by atoms with van der Waals surface area (Å²) in [6, 6.07) is 0.983. The first-order chi connectivity index (χ1) is 8.40. The highest BCUT2D eigenvalue weighted by Crippen LogP contribution is 2.39. The van der Waals surface area contributed by atoms with E-state index in [-0.39, 0.29) is 6.42 Å². The average Bonchev–Trinajstić information content (AvgIpc) is 3.04. The normalized spacial score (nSPS) is 21.5. The first-order valence-corrected chi connectivity index (χ1v) is 5.08. The van der Waals surface area contributed by atoms with Gasteiger partial charge in [-0.25, -0.2) is 13.2 Å². The molecule has 0 heterocycles. The molecule has 0 spiro atoms. The molecule has 2 atom stereocenters. The zero-order chi connectivity index (χ0) is 13.4. The molecular formula is C11H8F3NO3. The molecule has 0 unspecified atom stereocenters. The van der Waals surface area contributed by atoms with Gasteiger partial charge in [-0.2, -0.15) is 0 Å². The number of rotatable bonds is 3. The van der Waals surface area contributed by atoms with Gasteiger partial charge in [0.05, 0.1) is 17.5 Å². The molecule has 4 nitrogen and oxygen atoms in total. The van der Waals surface area contributed by atoms with Crippen molar-refractivity contribution in [3.63, 3.8) is 0 Å². The molecule has 0 aliphatic heterocycles. The van der Waals surface area contributed by atoms with Gasteiger partial charge in [0.15, 0.2) is 11.6 Å². The van der Waals surface area contributed by atoms with Crippen molar-refractivity contribution >= 4 is 17.6 Å². The van der Waals surface area contributed by atoms with E-state index in [4.69, 9.17) is 5.11 Å². The summed E-state index contributed by atoms with van der Waals surface area (Å²) in [5.41, 5.74) is -0.631. The number of carboxylic acids is 1. The van der Waals surface area contributed by atoms with Crippen LogP contribution in [0.2, 0.25) is 0 Å². The molecule has 2 rings (SSSR count). The summed E-state index contributed by atoms with van der Waals surface area (Å²) in [5, 5.41) is 10.6. The monoisotopic (exact) mass is 259 g/mol. The highest BCUT2D eigenvalue weighted by molar-refractivity contribution is 5.98. The van der Waals surface area contributed by atoms with Gasteiger partial charge in [0, 0.05) is 12.1 Å². The van der Waals surface area contributed by atoms with Crippen molar-refractivity contribution in [2.45, 2.75) is 6.42 Å². The van der Waals surface area contributed by atoms with Crippen LogP contribution < -0.4 is 5.32 Å². The molecule has 1 fully saturated rings. The number of nitrogens with one attached hydrogen (secondary N) is 1. The molecule has 0 saturated heterocycles. The smallest absolute Gasteiger partial charge is 0.307 e. The maximum absolute atomic E-state index is 13.2. The summed E-state index contributed by atoms with van der Waals surface area (Å²) >= 11 is 0. The number of halogens is 3. The Morgan fingerprint density at radius 1 is 1.22 bits per heavy atom. The van der Waals surface area contributed by atoms with Crippen LogP contribution in [0.4, 0.5) is 18.9 Å². The Labute approximate surface area is 99.4 Å². The van der Waals surface area contributed by atoms with Crippen molar-refractivity contribution in [2.75, 3.05) is 5.32 Å². The molecule has 1 aromatic rings. The largest absolute Gasteiger partial charge is 0.481 e. The third-order valence-electron chi connectivity index (χ3n) is 2.70. The molecule has 0 radical (unpaired) electrons. The van der Waals surface area contributed by atoms with Crippen molar-refractivity contribution < 1.29 is 27.9 Å². The minimum Gasteiger partial charge on any atom is -0.481 e. The van der Waals surface area contributed by atoms with Gasteiger partial charge >= 0.3 is 5.97 Å². The van der Waals surface area contributed by atoms with Gasteiger partial charge < -0.3 is 10.4 Å². The fourth-order valence-electron chi connectivity index (χ4n) is 1.63. The van der Waals surface area contributed by atoms with E-state index < -0.39 is 46.9 Å². The third-order valence-corrected chi connectivity index (χ3v) is 2.70. The van der Waals surface area contributed by atoms with Gasteiger partial charge in [-0.15, -0.1) is 0 Å². The lowest BCUT2D eigenvalue weighted by Gasteiger charge is -2.06. The number of carboxylic acid groups (broad SMARTS) is 1. The number of carbonyl (C=O) groups excluding carboxylic acids is 1. The summed E-state index contributed by atoms with van der Waals surface area (Å²) in [6.07, 6.45) is 0.139. The Kier molecular flexibility index (Phi) is 2.98. The predicted molar refractivity (Wildman–Crippen MR) is 54.2 cm³/mol. The highest BCUT2D eigenvalue weighted by Gasteiger charge is 2.48. The number of benzene rings is 1. The van der Waals surface area contributed by atoms with E-state index in [1.165, 1.54) is 0 Å². The van der Waals surface area contributed by atoms with E-state index in [1.807, 2.05) is 5.32 Å². The molecule has 1 aromatic carbocycles. The molecule has 0 bridgehead atoms. The number of anilines is 1. The second-order valence-electron chi connectivity index (χ2n) is 4.03. The van der Waals surface area contributed by atoms with Crippen molar-refractivity contribution in [1.29, 1.82) is 0 Å². The van der Waals surface area contributed by atoms with Crippen molar-refractivity contribution in [3.8, 4) is 0 Å². The molecule has 1 saturated carbocycles. The van der Waals surface area contributed by atoms with Crippen LogP contribution in [0.1, 0.15) is 6.42 Å². The Hall–Kier alpha value is -2.05. The third kappa shape index (κ3) is 2.29. The first kappa shape index (κ1) is 12.4. The summed E-state index contributed by atoms with van der Waals surface area (Å²) in [5.74, 6) is -7.31. The van der Waals surface area contributed by atoms with Gasteiger partial charge in [-0.05, 0) is 6.42 Å². The molecule has 1 aliphatic rings. The SMILES string of the molecule is O=C(O)[C@H]1C[C@H]1C(=O)Nc1cc(F)cc(F)c1F. The van der Waals surface area contributed by atoms with Crippen LogP contribution in [-0.4, -0.2) is 17.0 Å². The summed E-state index contributed by atoms with van der Waals surface area (Å²) in [6.45, 7) is 0. The maximum atomic E-state index is 13.2. The van der Waals surface area contributed by atoms with Gasteiger partial charge in [-0.3, -0.25) is 9.59 Å². The maximum Gasteiger partial charge on any atom is 0.307 e. The summed E-state index contributed by atoms with van der Waals surface area (Å²) in [7, 11) is 0. The average molecular weight is 259 g/mol. The predicted octanol–water partition coefficient (Wildman–Crippen LogP) is 1.76. The van der Waals surface area contributed by atoms with Crippen LogP contribution in [0.3, 0.4) is 0 Å². The number of hydrogen-bond donors (Lipinski definition) is 2. The van der Waals surface area contributed by atoms with Gasteiger partial charge in [0.1, 0.15) is 5.82 Å². The molecule has 7 heteroatoms. The minimum absolute atomic E-state index is 0.139. The van der Waals surface area contributed by atoms with Crippen LogP contribution in [0.15, 0.2) is 12.1 Å². The van der Waals surface area contributed by atoms with Crippen molar-refractivity contribution in [3.05, 3.63) is 29.6 Å². The number of aliphatic carboxylic acids is 1. The molecule has 2 N–H and O–H groups in total. The lowest BCUT2D eigenvalue weighted by atomic mass is 10.2. The Morgan fingerprint density at radius 2 is 1.89 bits per heavy atom. The zero-order valence-corrected chi connectivity index (χ0v) is 8.91. The van der Waals surface area contributed by atoms with Crippen LogP contribution in [-0.2, 0) is 9.59 Å². The van der Waals surface area contributed by atoms with Gasteiger partial charge in [0.2, 0.25) is 5.91 Å². The number of carbonyl (C=O) groups is 2. The lowest BCUT2D eigenvalue weighted by Crippen LogP contribution is -2.18. The lowest BCUT2D eigenvalue weighted by molar-refractivity contribution is -0.139. The van der Waals surface area contributed by atoms with E-state index in [0.29, 0.717) is 12.1 Å². The number of hydrogen-bond acceptors (Lipinski definition) is 2. The van der Waals surface area contributed by atoms with E-state index in [9.17, 15) is 22.8 Å². The summed E-state index contributed by atoms with van der Waals surface area (Å²) < 4.78 is 38.9. The fourth-order valence-corrected chi connectivity index (χ4v) is 1.63. The van der Waals surface area contributed by atoms with E-state index >= 15 is 0 Å². The Bertz CT molecular complexity index is 533. The van der Waals surface area contributed by atoms with E-state index in [1.54, 1.807) is 0 Å². The topological polar surface area (TPSA) is 66.4 Å². The molecule has 1 amide bonds. The van der Waals surface area contributed by atoms with Crippen molar-refractivity contribution in [2.24, 2.45) is 11.8 Å². The molecule has 96 valence electrons. The molecule has 0 aromatic heterocycles. The number of amides is 1. The quantitative estimate of drug-likeness (QED) is 0.813. The van der Waals surface area contributed by atoms with Crippen molar-refractivity contribution in [1.82, 2.24) is 0 Å². The molecule has 1 aliphatic carbocycles. The first-order valence-electron chi connectivity index (χ1n) is 5.08. The Balaban J connectivity index is 2.11. The fraction of sp³-hybridized carbons (Fsp3) is 0.273. The molecular weight excluding hydrogens is 251 g/mol. The van der Waals surface area contributed by atoms with Gasteiger partial charge in [0.25, 0.3) is 0 Å². The molecule has 18 heavy (non-hydrogen) atoms. The zero-order valence-electron chi connectivity index (χ0n) is 8.91. The second-order valence-corrected chi connectivity index (χ2v) is 4.03. The van der Waals surface area contributed by atoms with Crippen LogP contribution in [0.25, 0.3) is 0 Å². The van der Waals surface area contributed by atoms with Crippen LogP contribution in [0.5, 0.6) is 0 Å². The second kappa shape index (κ2) is 4.32. The summed E-state index contributed by atoms with van der Waals surface area (Å²) in [4.78, 5) is 22.0. The minimum atomic E-state index is -1.42. The Morgan fingerprint density at radius 3 is 2.44 bits per heavy atom. The standard InChI is InChI=1S/C11H8F3NO3/c12-4-1-7(13)9(14)8(2-4)15-10(16)5-3-6(5)11(17)18/h1-2,5-6H,3H2,(H,15,16)(H,17,18)/t5-,6+/m1/s1.